The summed E-state index contributed by atoms with van der Waals surface area (Å²) in [5, 5.41) is 3.17. The van der Waals surface area contributed by atoms with E-state index in [0.717, 1.165) is 19.5 Å². The number of likely N-dealkylation sites (N-methyl/N-ethyl adjacent to an activating group) is 1. The number of hydrogen-bond donors (Lipinski definition) is 1. The lowest BCUT2D eigenvalue weighted by molar-refractivity contribution is 0.384. The van der Waals surface area contributed by atoms with E-state index in [2.05, 4.69) is 5.32 Å². The average molecular weight is 220 g/mol. The summed E-state index contributed by atoms with van der Waals surface area (Å²) in [5.74, 6) is 0.441. The number of rotatable bonds is 4. The molecule has 1 N–H and O–H groups in total. The van der Waals surface area contributed by atoms with Gasteiger partial charge in [0.05, 0.1) is 5.75 Å². The van der Waals surface area contributed by atoms with Gasteiger partial charge in [-0.15, -0.1) is 0 Å². The summed E-state index contributed by atoms with van der Waals surface area (Å²) >= 11 is 0. The summed E-state index contributed by atoms with van der Waals surface area (Å²) < 4.78 is 25.2. The van der Waals surface area contributed by atoms with Gasteiger partial charge in [0.15, 0.2) is 0 Å². The average Bonchev–Trinajstić information content (AvgIpc) is 2.51. The molecule has 0 spiro atoms. The second-order valence-corrected chi connectivity index (χ2v) is 6.41. The summed E-state index contributed by atoms with van der Waals surface area (Å²) in [7, 11) is -1.36. The minimum absolute atomic E-state index is 0.152. The molecule has 0 aliphatic carbocycles. The number of nitrogens with zero attached hydrogens (tertiary/aromatic N) is 1. The Labute approximate surface area is 86.7 Å². The van der Waals surface area contributed by atoms with Crippen LogP contribution in [0.4, 0.5) is 0 Å². The molecular formula is C9H20N2O2S. The molecule has 14 heavy (non-hydrogen) atoms. The van der Waals surface area contributed by atoms with E-state index in [9.17, 15) is 8.42 Å². The molecule has 0 amide bonds. The maximum absolute atomic E-state index is 11.8. The van der Waals surface area contributed by atoms with Crippen LogP contribution in [0.25, 0.3) is 0 Å². The van der Waals surface area contributed by atoms with Crippen LogP contribution < -0.4 is 5.32 Å². The van der Waals surface area contributed by atoms with E-state index >= 15 is 0 Å². The Bertz CT molecular complexity index is 269. The minimum Gasteiger partial charge on any atom is -0.315 e. The summed E-state index contributed by atoms with van der Waals surface area (Å²) in [5.41, 5.74) is 0. The van der Waals surface area contributed by atoms with Gasteiger partial charge >= 0.3 is 0 Å². The molecule has 0 saturated carbocycles. The smallest absolute Gasteiger partial charge is 0.214 e. The maximum atomic E-state index is 11.8. The highest BCUT2D eigenvalue weighted by atomic mass is 32.2. The predicted octanol–water partition coefficient (Wildman–Crippen LogP) is 0.266. The third kappa shape index (κ3) is 2.93. The van der Waals surface area contributed by atoms with Gasteiger partial charge in [-0.25, -0.2) is 12.7 Å². The second kappa shape index (κ2) is 4.59. The van der Waals surface area contributed by atoms with E-state index in [-0.39, 0.29) is 17.7 Å². The lowest BCUT2D eigenvalue weighted by Gasteiger charge is -2.23. The van der Waals surface area contributed by atoms with Gasteiger partial charge in [0.25, 0.3) is 0 Å². The number of sulfonamides is 1. The van der Waals surface area contributed by atoms with Crippen LogP contribution in [0.15, 0.2) is 0 Å². The molecule has 1 fully saturated rings. The molecule has 1 aliphatic rings. The monoisotopic (exact) mass is 220 g/mol. The molecular weight excluding hydrogens is 200 g/mol. The van der Waals surface area contributed by atoms with Crippen LogP contribution in [0.1, 0.15) is 20.3 Å². The van der Waals surface area contributed by atoms with Crippen molar-refractivity contribution >= 4 is 10.0 Å². The van der Waals surface area contributed by atoms with Crippen molar-refractivity contribution in [3.8, 4) is 0 Å². The van der Waals surface area contributed by atoms with Crippen molar-refractivity contribution in [2.45, 2.75) is 26.3 Å². The topological polar surface area (TPSA) is 49.4 Å². The van der Waals surface area contributed by atoms with Gasteiger partial charge in [0.2, 0.25) is 10.0 Å². The fourth-order valence-corrected chi connectivity index (χ4v) is 3.43. The van der Waals surface area contributed by atoms with Crippen LogP contribution in [0, 0.1) is 5.92 Å². The molecule has 1 unspecified atom stereocenters. The Morgan fingerprint density at radius 2 is 2.14 bits per heavy atom. The van der Waals surface area contributed by atoms with E-state index in [0.29, 0.717) is 0 Å². The van der Waals surface area contributed by atoms with Gasteiger partial charge in [-0.3, -0.25) is 0 Å². The van der Waals surface area contributed by atoms with Crippen LogP contribution in [0.5, 0.6) is 0 Å². The van der Waals surface area contributed by atoms with Gasteiger partial charge in [-0.1, -0.05) is 13.8 Å². The van der Waals surface area contributed by atoms with E-state index < -0.39 is 10.0 Å². The van der Waals surface area contributed by atoms with Crippen molar-refractivity contribution in [3.05, 3.63) is 0 Å². The third-order valence-electron chi connectivity index (χ3n) is 2.53. The molecule has 84 valence electrons. The van der Waals surface area contributed by atoms with Crippen molar-refractivity contribution < 1.29 is 8.42 Å². The van der Waals surface area contributed by atoms with E-state index in [1.165, 1.54) is 4.31 Å². The highest BCUT2D eigenvalue weighted by Gasteiger charge is 2.28. The quantitative estimate of drug-likeness (QED) is 0.739. The molecule has 0 aromatic carbocycles. The first-order valence-corrected chi connectivity index (χ1v) is 6.71. The van der Waals surface area contributed by atoms with Crippen molar-refractivity contribution in [1.82, 2.24) is 9.62 Å². The molecule has 0 radical (unpaired) electrons. The first-order chi connectivity index (χ1) is 6.43. The second-order valence-electron chi connectivity index (χ2n) is 4.34. The number of nitrogens with one attached hydrogen (secondary N) is 1. The van der Waals surface area contributed by atoms with Crippen LogP contribution in [0.2, 0.25) is 0 Å². The van der Waals surface area contributed by atoms with E-state index in [1.807, 2.05) is 13.8 Å². The van der Waals surface area contributed by atoms with Gasteiger partial charge in [-0.05, 0) is 18.9 Å². The predicted molar refractivity (Wildman–Crippen MR) is 57.7 cm³/mol. The van der Waals surface area contributed by atoms with Crippen molar-refractivity contribution in [1.29, 1.82) is 0 Å². The van der Waals surface area contributed by atoms with Crippen molar-refractivity contribution in [3.63, 3.8) is 0 Å². The van der Waals surface area contributed by atoms with Crippen LogP contribution >= 0.6 is 0 Å². The molecule has 4 nitrogen and oxygen atoms in total. The van der Waals surface area contributed by atoms with Crippen molar-refractivity contribution in [2.75, 3.05) is 25.9 Å². The van der Waals surface area contributed by atoms with Crippen LogP contribution in [-0.4, -0.2) is 44.7 Å². The SMILES string of the molecule is CC(C)CS(=O)(=O)N(C)C1CCNC1. The first-order valence-electron chi connectivity index (χ1n) is 5.10. The van der Waals surface area contributed by atoms with Gasteiger partial charge < -0.3 is 5.32 Å². The summed E-state index contributed by atoms with van der Waals surface area (Å²) in [4.78, 5) is 0. The largest absolute Gasteiger partial charge is 0.315 e. The zero-order valence-corrected chi connectivity index (χ0v) is 9.97. The van der Waals surface area contributed by atoms with E-state index in [4.69, 9.17) is 0 Å². The standard InChI is InChI=1S/C9H20N2O2S/c1-8(2)7-14(12,13)11(3)9-4-5-10-6-9/h8-10H,4-7H2,1-3H3. The highest BCUT2D eigenvalue weighted by Crippen LogP contribution is 2.13. The van der Waals surface area contributed by atoms with Gasteiger partial charge in [-0.2, -0.15) is 0 Å². The Morgan fingerprint density at radius 1 is 1.50 bits per heavy atom. The molecule has 1 atom stereocenters. The summed E-state index contributed by atoms with van der Waals surface area (Å²) in [6, 6.07) is 0.152. The Morgan fingerprint density at radius 3 is 2.57 bits per heavy atom. The third-order valence-corrected chi connectivity index (χ3v) is 4.79. The Balaban J connectivity index is 2.61. The maximum Gasteiger partial charge on any atom is 0.214 e. The fraction of sp³-hybridized carbons (Fsp3) is 1.00. The molecule has 0 aromatic rings. The van der Waals surface area contributed by atoms with Crippen LogP contribution in [-0.2, 0) is 10.0 Å². The van der Waals surface area contributed by atoms with Crippen molar-refractivity contribution in [2.24, 2.45) is 5.92 Å². The van der Waals surface area contributed by atoms with Gasteiger partial charge in [0, 0.05) is 19.6 Å². The molecule has 5 heteroatoms. The molecule has 0 aromatic heterocycles. The Kier molecular flexibility index (Phi) is 3.92. The normalized spacial score (nSPS) is 23.6. The molecule has 1 aliphatic heterocycles. The molecule has 0 bridgehead atoms. The van der Waals surface area contributed by atoms with E-state index in [1.54, 1.807) is 7.05 Å². The summed E-state index contributed by atoms with van der Waals surface area (Å²) in [6.45, 7) is 5.57. The summed E-state index contributed by atoms with van der Waals surface area (Å²) in [6.07, 6.45) is 0.924. The van der Waals surface area contributed by atoms with Crippen LogP contribution in [0.3, 0.4) is 0 Å². The fourth-order valence-electron chi connectivity index (χ4n) is 1.72. The Hall–Kier alpha value is -0.130. The molecule has 1 heterocycles. The highest BCUT2D eigenvalue weighted by molar-refractivity contribution is 7.89. The molecule has 1 rings (SSSR count). The lowest BCUT2D eigenvalue weighted by atomic mass is 10.3. The van der Waals surface area contributed by atoms with Gasteiger partial charge in [0.1, 0.15) is 0 Å². The lowest BCUT2D eigenvalue weighted by Crippen LogP contribution is -2.40. The minimum atomic E-state index is -3.05. The number of hydrogen-bond acceptors (Lipinski definition) is 3. The zero-order chi connectivity index (χ0) is 10.8. The zero-order valence-electron chi connectivity index (χ0n) is 9.16. The molecule has 1 saturated heterocycles. The first kappa shape index (κ1) is 11.9.